The Labute approximate surface area is 159 Å². The van der Waals surface area contributed by atoms with Crippen LogP contribution in [0, 0.1) is 0 Å². The third kappa shape index (κ3) is 4.40. The van der Waals surface area contributed by atoms with Crippen molar-refractivity contribution < 1.29 is 22.7 Å². The van der Waals surface area contributed by atoms with Crippen LogP contribution in [0.25, 0.3) is 0 Å². The van der Waals surface area contributed by atoms with Crippen LogP contribution in [0.5, 0.6) is 5.75 Å². The van der Waals surface area contributed by atoms with Gasteiger partial charge in [0.2, 0.25) is 0 Å². The summed E-state index contributed by atoms with van der Waals surface area (Å²) in [6, 6.07) is 15.0. The van der Waals surface area contributed by atoms with E-state index >= 15 is 0 Å². The average Bonchev–Trinajstić information content (AvgIpc) is 2.68. The highest BCUT2D eigenvalue weighted by Crippen LogP contribution is 2.34. The van der Waals surface area contributed by atoms with Crippen LogP contribution in [0.1, 0.15) is 16.1 Å². The predicted octanol–water partition coefficient (Wildman–Crippen LogP) is 5.10. The number of halogens is 3. The zero-order valence-electron chi connectivity index (χ0n) is 14.7. The molecule has 5 nitrogen and oxygen atoms in total. The molecule has 3 rings (SSSR count). The number of nitrogens with zero attached hydrogens (tertiary/aromatic N) is 1. The molecule has 0 saturated carbocycles. The number of methoxy groups -OCH3 is 1. The number of nitrogens with one attached hydrogen (secondary N) is 2. The Hall–Kier alpha value is -3.55. The number of carbonyl (C=O) groups excluding carboxylic acids is 1. The molecule has 0 atom stereocenters. The van der Waals surface area contributed by atoms with Crippen molar-refractivity contribution in [3.8, 4) is 5.75 Å². The zero-order chi connectivity index (χ0) is 20.1. The van der Waals surface area contributed by atoms with Crippen LogP contribution in [-0.4, -0.2) is 18.0 Å². The van der Waals surface area contributed by atoms with E-state index in [-0.39, 0.29) is 11.4 Å². The van der Waals surface area contributed by atoms with Crippen molar-refractivity contribution in [1.82, 2.24) is 4.98 Å². The lowest BCUT2D eigenvalue weighted by Crippen LogP contribution is -2.17. The van der Waals surface area contributed by atoms with E-state index in [4.69, 9.17) is 4.74 Å². The number of ether oxygens (including phenoxy) is 1. The molecule has 0 radical (unpaired) electrons. The Morgan fingerprint density at radius 2 is 1.68 bits per heavy atom. The van der Waals surface area contributed by atoms with Crippen molar-refractivity contribution in [2.75, 3.05) is 17.7 Å². The molecule has 0 spiro atoms. The summed E-state index contributed by atoms with van der Waals surface area (Å²) in [6.45, 7) is 0. The van der Waals surface area contributed by atoms with E-state index in [0.29, 0.717) is 17.1 Å². The maximum Gasteiger partial charge on any atom is 0.418 e. The second-order valence-corrected chi connectivity index (χ2v) is 5.75. The van der Waals surface area contributed by atoms with Gasteiger partial charge in [-0.1, -0.05) is 24.3 Å². The lowest BCUT2D eigenvalue weighted by molar-refractivity contribution is -0.136. The minimum Gasteiger partial charge on any atom is -0.495 e. The van der Waals surface area contributed by atoms with E-state index in [0.717, 1.165) is 6.07 Å². The number of hydrogen-bond donors (Lipinski definition) is 2. The van der Waals surface area contributed by atoms with Crippen molar-refractivity contribution in [2.24, 2.45) is 0 Å². The fraction of sp³-hybridized carbons (Fsp3) is 0.100. The number of para-hydroxylation sites is 3. The molecular weight excluding hydrogens is 371 g/mol. The van der Waals surface area contributed by atoms with Gasteiger partial charge in [0.05, 0.1) is 24.0 Å². The van der Waals surface area contributed by atoms with Crippen molar-refractivity contribution in [1.29, 1.82) is 0 Å². The smallest absolute Gasteiger partial charge is 0.418 e. The highest BCUT2D eigenvalue weighted by molar-refractivity contribution is 6.03. The van der Waals surface area contributed by atoms with Crippen LogP contribution in [0.15, 0.2) is 66.9 Å². The molecule has 1 heterocycles. The monoisotopic (exact) mass is 387 g/mol. The molecule has 0 saturated heterocycles. The van der Waals surface area contributed by atoms with Gasteiger partial charge in [0.25, 0.3) is 5.91 Å². The van der Waals surface area contributed by atoms with Gasteiger partial charge in [0.1, 0.15) is 11.4 Å². The summed E-state index contributed by atoms with van der Waals surface area (Å²) in [5.41, 5.74) is -0.0767. The average molecular weight is 387 g/mol. The number of benzene rings is 2. The van der Waals surface area contributed by atoms with Crippen LogP contribution < -0.4 is 15.4 Å². The number of carbonyl (C=O) groups is 1. The molecule has 0 aliphatic carbocycles. The number of rotatable bonds is 5. The van der Waals surface area contributed by atoms with Gasteiger partial charge in [0, 0.05) is 11.9 Å². The molecule has 0 aliphatic rings. The van der Waals surface area contributed by atoms with Crippen molar-refractivity contribution >= 4 is 23.0 Å². The molecule has 2 N–H and O–H groups in total. The highest BCUT2D eigenvalue weighted by Gasteiger charge is 2.33. The molecule has 0 aliphatic heterocycles. The van der Waals surface area contributed by atoms with Crippen molar-refractivity contribution in [3.63, 3.8) is 0 Å². The van der Waals surface area contributed by atoms with Crippen LogP contribution in [0.2, 0.25) is 0 Å². The SMILES string of the molecule is COc1ccccc1Nc1ccnc(C(=O)Nc2ccccc2C(F)(F)F)c1. The quantitative estimate of drug-likeness (QED) is 0.639. The molecule has 1 amide bonds. The number of amides is 1. The normalized spacial score (nSPS) is 11.0. The lowest BCUT2D eigenvalue weighted by Gasteiger charge is -2.14. The van der Waals surface area contributed by atoms with Crippen LogP contribution in [0.3, 0.4) is 0 Å². The molecule has 28 heavy (non-hydrogen) atoms. The zero-order valence-corrected chi connectivity index (χ0v) is 14.7. The van der Waals surface area contributed by atoms with Crippen molar-refractivity contribution in [2.45, 2.75) is 6.18 Å². The topological polar surface area (TPSA) is 63.2 Å². The summed E-state index contributed by atoms with van der Waals surface area (Å²) in [7, 11) is 1.53. The second kappa shape index (κ2) is 7.99. The standard InChI is InChI=1S/C20H16F3N3O2/c1-28-18-9-5-4-8-16(18)25-13-10-11-24-17(12-13)19(27)26-15-7-3-2-6-14(15)20(21,22)23/h2-12H,1H3,(H,24,25)(H,26,27). The van der Waals surface area contributed by atoms with Crippen LogP contribution in [0.4, 0.5) is 30.2 Å². The molecule has 144 valence electrons. The molecule has 1 aromatic heterocycles. The van der Waals surface area contributed by atoms with E-state index in [1.807, 2.05) is 12.1 Å². The van der Waals surface area contributed by atoms with Gasteiger partial charge in [0.15, 0.2) is 0 Å². The van der Waals surface area contributed by atoms with E-state index in [9.17, 15) is 18.0 Å². The van der Waals surface area contributed by atoms with Crippen LogP contribution >= 0.6 is 0 Å². The summed E-state index contributed by atoms with van der Waals surface area (Å²) in [4.78, 5) is 16.4. The Morgan fingerprint density at radius 1 is 1.00 bits per heavy atom. The maximum absolute atomic E-state index is 13.1. The first-order valence-corrected chi connectivity index (χ1v) is 8.22. The molecule has 0 unspecified atom stereocenters. The molecule has 2 aromatic carbocycles. The molecule has 0 bridgehead atoms. The second-order valence-electron chi connectivity index (χ2n) is 5.75. The summed E-state index contributed by atoms with van der Waals surface area (Å²) in [5.74, 6) is -0.148. The fourth-order valence-electron chi connectivity index (χ4n) is 2.56. The Balaban J connectivity index is 1.82. The Kier molecular flexibility index (Phi) is 5.49. The van der Waals surface area contributed by atoms with Gasteiger partial charge in [-0.25, -0.2) is 0 Å². The minimum absolute atomic E-state index is 0.0307. The van der Waals surface area contributed by atoms with Gasteiger partial charge in [-0.05, 0) is 36.4 Å². The first-order valence-electron chi connectivity index (χ1n) is 8.22. The first kappa shape index (κ1) is 19.2. The summed E-state index contributed by atoms with van der Waals surface area (Å²) in [6.07, 6.45) is -3.19. The van der Waals surface area contributed by atoms with E-state index in [1.165, 1.54) is 37.6 Å². The van der Waals surface area contributed by atoms with E-state index in [2.05, 4.69) is 15.6 Å². The molecular formula is C20H16F3N3O2. The Bertz CT molecular complexity index is 990. The van der Waals surface area contributed by atoms with Gasteiger partial charge < -0.3 is 15.4 Å². The van der Waals surface area contributed by atoms with Gasteiger partial charge in [-0.15, -0.1) is 0 Å². The van der Waals surface area contributed by atoms with Gasteiger partial charge in [-0.2, -0.15) is 13.2 Å². The molecule has 0 fully saturated rings. The third-order valence-electron chi connectivity index (χ3n) is 3.86. The number of hydrogen-bond acceptors (Lipinski definition) is 4. The number of aromatic nitrogens is 1. The molecule has 8 heteroatoms. The number of alkyl halides is 3. The summed E-state index contributed by atoms with van der Waals surface area (Å²) < 4.78 is 44.5. The number of anilines is 3. The van der Waals surface area contributed by atoms with Gasteiger partial charge >= 0.3 is 6.18 Å². The number of pyridine rings is 1. The third-order valence-corrected chi connectivity index (χ3v) is 3.86. The largest absolute Gasteiger partial charge is 0.495 e. The van der Waals surface area contributed by atoms with E-state index in [1.54, 1.807) is 18.2 Å². The summed E-state index contributed by atoms with van der Waals surface area (Å²) in [5, 5.41) is 5.37. The van der Waals surface area contributed by atoms with E-state index < -0.39 is 17.6 Å². The molecule has 3 aromatic rings. The van der Waals surface area contributed by atoms with Crippen molar-refractivity contribution in [3.05, 3.63) is 78.1 Å². The fourth-order valence-corrected chi connectivity index (χ4v) is 2.56. The predicted molar refractivity (Wildman–Crippen MR) is 99.9 cm³/mol. The highest BCUT2D eigenvalue weighted by atomic mass is 19.4. The maximum atomic E-state index is 13.1. The van der Waals surface area contributed by atoms with Crippen LogP contribution in [-0.2, 0) is 6.18 Å². The Morgan fingerprint density at radius 3 is 2.39 bits per heavy atom. The van der Waals surface area contributed by atoms with Gasteiger partial charge in [-0.3, -0.25) is 9.78 Å². The minimum atomic E-state index is -4.58. The lowest BCUT2D eigenvalue weighted by atomic mass is 10.1. The summed E-state index contributed by atoms with van der Waals surface area (Å²) >= 11 is 0. The first-order chi connectivity index (χ1) is 13.4.